The first-order valence-corrected chi connectivity index (χ1v) is 8.75. The number of furan rings is 1. The van der Waals surface area contributed by atoms with Crippen molar-refractivity contribution < 1.29 is 12.8 Å². The molecule has 1 aromatic heterocycles. The number of anilines is 1. The largest absolute Gasteiger partial charge is 0.440 e. The maximum absolute atomic E-state index is 12.3. The van der Waals surface area contributed by atoms with E-state index in [1.807, 2.05) is 38.4 Å². The third-order valence-corrected chi connectivity index (χ3v) is 4.67. The second kappa shape index (κ2) is 6.37. The summed E-state index contributed by atoms with van der Waals surface area (Å²) >= 11 is 0. The van der Waals surface area contributed by atoms with Gasteiger partial charge in [0.1, 0.15) is 5.76 Å². The van der Waals surface area contributed by atoms with Gasteiger partial charge in [0.25, 0.3) is 10.0 Å². The van der Waals surface area contributed by atoms with Gasteiger partial charge in [-0.15, -0.1) is 0 Å². The van der Waals surface area contributed by atoms with Gasteiger partial charge < -0.3 is 9.32 Å². The lowest BCUT2D eigenvalue weighted by Gasteiger charge is -2.06. The summed E-state index contributed by atoms with van der Waals surface area (Å²) in [5.41, 5.74) is 0. The average molecular weight is 343 g/mol. The molecule has 0 amide bonds. The maximum atomic E-state index is 12.3. The van der Waals surface area contributed by atoms with Crippen LogP contribution in [-0.4, -0.2) is 28.7 Å². The summed E-state index contributed by atoms with van der Waals surface area (Å²) < 4.78 is 30.1. The van der Waals surface area contributed by atoms with Crippen molar-refractivity contribution in [3.63, 3.8) is 0 Å². The summed E-state index contributed by atoms with van der Waals surface area (Å²) in [4.78, 5) is 4.16. The van der Waals surface area contributed by atoms with E-state index in [0.29, 0.717) is 11.6 Å². The molecule has 0 radical (unpaired) electrons. The Morgan fingerprint density at radius 1 is 1.04 bits per heavy atom. The molecular formula is C17H17N3O3S. The summed E-state index contributed by atoms with van der Waals surface area (Å²) in [6.07, 6.45) is 1.32. The molecule has 3 aromatic rings. The van der Waals surface area contributed by atoms with Gasteiger partial charge in [-0.25, -0.2) is 0 Å². The number of rotatable bonds is 5. The summed E-state index contributed by atoms with van der Waals surface area (Å²) in [6.45, 7) is 0. The van der Waals surface area contributed by atoms with Crippen molar-refractivity contribution in [2.75, 3.05) is 19.0 Å². The van der Waals surface area contributed by atoms with Crippen LogP contribution in [0.4, 0.5) is 5.88 Å². The van der Waals surface area contributed by atoms with Crippen LogP contribution < -0.4 is 9.73 Å². The molecule has 0 spiro atoms. The first-order chi connectivity index (χ1) is 11.5. The van der Waals surface area contributed by atoms with Crippen molar-refractivity contribution in [2.45, 2.75) is 4.90 Å². The number of hydrazone groups is 1. The molecule has 0 fully saturated rings. The van der Waals surface area contributed by atoms with Crippen LogP contribution in [0.25, 0.3) is 10.8 Å². The van der Waals surface area contributed by atoms with Gasteiger partial charge in [-0.3, -0.25) is 0 Å². The highest BCUT2D eigenvalue weighted by Gasteiger charge is 2.13. The van der Waals surface area contributed by atoms with Crippen molar-refractivity contribution in [3.05, 3.63) is 60.4 Å². The lowest BCUT2D eigenvalue weighted by atomic mass is 10.1. The quantitative estimate of drug-likeness (QED) is 0.571. The van der Waals surface area contributed by atoms with E-state index >= 15 is 0 Å². The molecule has 24 heavy (non-hydrogen) atoms. The molecule has 6 nitrogen and oxygen atoms in total. The van der Waals surface area contributed by atoms with Crippen molar-refractivity contribution in [1.82, 2.24) is 4.83 Å². The van der Waals surface area contributed by atoms with E-state index in [4.69, 9.17) is 4.42 Å². The molecule has 1 N–H and O–H groups in total. The monoisotopic (exact) mass is 343 g/mol. The molecule has 0 aliphatic heterocycles. The molecule has 0 unspecified atom stereocenters. The predicted molar refractivity (Wildman–Crippen MR) is 94.9 cm³/mol. The van der Waals surface area contributed by atoms with Gasteiger partial charge in [0.15, 0.2) is 5.88 Å². The van der Waals surface area contributed by atoms with Gasteiger partial charge in [-0.05, 0) is 29.0 Å². The molecule has 0 aliphatic carbocycles. The first-order valence-electron chi connectivity index (χ1n) is 7.26. The normalized spacial score (nSPS) is 11.9. The molecule has 0 atom stereocenters. The van der Waals surface area contributed by atoms with Gasteiger partial charge in [-0.1, -0.05) is 30.3 Å². The molecular weight excluding hydrogens is 326 g/mol. The van der Waals surface area contributed by atoms with Crippen LogP contribution in [0.5, 0.6) is 0 Å². The number of nitrogens with zero attached hydrogens (tertiary/aromatic N) is 2. The van der Waals surface area contributed by atoms with E-state index in [9.17, 15) is 8.42 Å². The lowest BCUT2D eigenvalue weighted by Crippen LogP contribution is -2.18. The Hall–Kier alpha value is -2.80. The number of hydrogen-bond donors (Lipinski definition) is 1. The molecule has 0 bridgehead atoms. The fourth-order valence-electron chi connectivity index (χ4n) is 2.20. The van der Waals surface area contributed by atoms with Crippen molar-refractivity contribution >= 4 is 32.9 Å². The molecule has 2 aromatic carbocycles. The van der Waals surface area contributed by atoms with Crippen LogP contribution in [0.2, 0.25) is 0 Å². The Labute approximate surface area is 140 Å². The first kappa shape index (κ1) is 16.1. The molecule has 1 heterocycles. The average Bonchev–Trinajstić information content (AvgIpc) is 3.03. The Kier molecular flexibility index (Phi) is 4.26. The summed E-state index contributed by atoms with van der Waals surface area (Å²) in [5, 5.41) is 5.60. The third kappa shape index (κ3) is 3.41. The van der Waals surface area contributed by atoms with Crippen molar-refractivity contribution in [2.24, 2.45) is 5.10 Å². The molecule has 7 heteroatoms. The van der Waals surface area contributed by atoms with E-state index < -0.39 is 10.0 Å². The fourth-order valence-corrected chi connectivity index (χ4v) is 3.02. The Bertz CT molecular complexity index is 991. The molecule has 0 saturated carbocycles. The molecule has 0 aliphatic rings. The Morgan fingerprint density at radius 2 is 1.79 bits per heavy atom. The Balaban J connectivity index is 1.78. The zero-order valence-electron chi connectivity index (χ0n) is 13.3. The number of fused-ring (bicyclic) bond motifs is 1. The highest BCUT2D eigenvalue weighted by molar-refractivity contribution is 7.89. The summed E-state index contributed by atoms with van der Waals surface area (Å²) in [6, 6.07) is 16.0. The van der Waals surface area contributed by atoms with Crippen molar-refractivity contribution in [1.29, 1.82) is 0 Å². The van der Waals surface area contributed by atoms with Gasteiger partial charge in [0.2, 0.25) is 0 Å². The van der Waals surface area contributed by atoms with E-state index in [0.717, 1.165) is 10.8 Å². The second-order valence-corrected chi connectivity index (χ2v) is 7.09. The minimum atomic E-state index is -3.73. The zero-order valence-corrected chi connectivity index (χ0v) is 14.1. The smallest absolute Gasteiger partial charge is 0.276 e. The summed E-state index contributed by atoms with van der Waals surface area (Å²) in [5.74, 6) is 1.12. The van der Waals surface area contributed by atoms with Crippen LogP contribution in [-0.2, 0) is 10.0 Å². The highest BCUT2D eigenvalue weighted by Crippen LogP contribution is 2.19. The van der Waals surface area contributed by atoms with Crippen LogP contribution in [0.15, 0.2) is 69.0 Å². The Morgan fingerprint density at radius 3 is 2.50 bits per heavy atom. The molecule has 0 saturated heterocycles. The number of benzene rings is 2. The fraction of sp³-hybridized carbons (Fsp3) is 0.118. The topological polar surface area (TPSA) is 74.9 Å². The van der Waals surface area contributed by atoms with Gasteiger partial charge in [-0.2, -0.15) is 18.4 Å². The lowest BCUT2D eigenvalue weighted by molar-refractivity contribution is 0.557. The van der Waals surface area contributed by atoms with Gasteiger partial charge in [0, 0.05) is 20.2 Å². The van der Waals surface area contributed by atoms with Crippen LogP contribution in [0.3, 0.4) is 0 Å². The van der Waals surface area contributed by atoms with Crippen LogP contribution in [0, 0.1) is 0 Å². The molecule has 124 valence electrons. The van der Waals surface area contributed by atoms with E-state index in [-0.39, 0.29) is 4.90 Å². The van der Waals surface area contributed by atoms with E-state index in [2.05, 4.69) is 9.93 Å². The van der Waals surface area contributed by atoms with Crippen LogP contribution >= 0.6 is 0 Å². The second-order valence-electron chi connectivity index (χ2n) is 5.43. The molecule has 3 rings (SSSR count). The maximum Gasteiger partial charge on any atom is 0.276 e. The zero-order chi connectivity index (χ0) is 17.2. The van der Waals surface area contributed by atoms with Crippen LogP contribution in [0.1, 0.15) is 5.76 Å². The standard InChI is InChI=1S/C17H17N3O3S/c1-20(2)17-10-8-15(23-17)12-18-19-24(21,22)16-9-7-13-5-3-4-6-14(13)11-16/h3-12,19H,1-2H3/b18-12+. The van der Waals surface area contributed by atoms with E-state index in [1.54, 1.807) is 35.2 Å². The number of sulfonamides is 1. The minimum Gasteiger partial charge on any atom is -0.440 e. The summed E-state index contributed by atoms with van der Waals surface area (Å²) in [7, 11) is -0.0326. The van der Waals surface area contributed by atoms with Gasteiger partial charge >= 0.3 is 0 Å². The number of nitrogens with one attached hydrogen (secondary N) is 1. The third-order valence-electron chi connectivity index (χ3n) is 3.45. The van der Waals surface area contributed by atoms with Crippen molar-refractivity contribution in [3.8, 4) is 0 Å². The van der Waals surface area contributed by atoms with E-state index in [1.165, 1.54) is 6.21 Å². The predicted octanol–water partition coefficient (Wildman–Crippen LogP) is 2.81. The van der Waals surface area contributed by atoms with Gasteiger partial charge in [0.05, 0.1) is 11.1 Å². The number of hydrogen-bond acceptors (Lipinski definition) is 5. The minimum absolute atomic E-state index is 0.159. The highest BCUT2D eigenvalue weighted by atomic mass is 32.2. The SMILES string of the molecule is CN(C)c1ccc(/C=N/NS(=O)(=O)c2ccc3ccccc3c2)o1.